The Balaban J connectivity index is 1.37. The first kappa shape index (κ1) is 25.6. The van der Waals surface area contributed by atoms with Crippen LogP contribution in [0, 0.1) is 0 Å². The quantitative estimate of drug-likeness (QED) is 0.445. The summed E-state index contributed by atoms with van der Waals surface area (Å²) in [5.41, 5.74) is -2.80. The van der Waals surface area contributed by atoms with Crippen LogP contribution < -0.4 is 15.8 Å². The lowest BCUT2D eigenvalue weighted by molar-refractivity contribution is -0.138. The van der Waals surface area contributed by atoms with Gasteiger partial charge < -0.3 is 10.1 Å². The molecule has 0 aliphatic carbocycles. The van der Waals surface area contributed by atoms with Crippen molar-refractivity contribution in [1.82, 2.24) is 25.0 Å². The second kappa shape index (κ2) is 9.53. The van der Waals surface area contributed by atoms with E-state index in [2.05, 4.69) is 20.5 Å². The summed E-state index contributed by atoms with van der Waals surface area (Å²) in [4.78, 5) is 28.3. The van der Waals surface area contributed by atoms with Gasteiger partial charge in [0.15, 0.2) is 5.13 Å². The minimum absolute atomic E-state index is 0.0748. The molecule has 0 unspecified atom stereocenters. The summed E-state index contributed by atoms with van der Waals surface area (Å²) in [5.74, 6) is -0.570. The summed E-state index contributed by atoms with van der Waals surface area (Å²) < 4.78 is 84.9. The van der Waals surface area contributed by atoms with E-state index in [1.165, 1.54) is 17.7 Å². The third-order valence-electron chi connectivity index (χ3n) is 4.99. The van der Waals surface area contributed by atoms with Gasteiger partial charge >= 0.3 is 12.4 Å². The summed E-state index contributed by atoms with van der Waals surface area (Å²) >= 11 is 0.364. The van der Waals surface area contributed by atoms with Crippen LogP contribution in [0.1, 0.15) is 33.5 Å². The van der Waals surface area contributed by atoms with Crippen molar-refractivity contribution in [2.24, 2.45) is 0 Å². The number of aromatic nitrogens is 5. The summed E-state index contributed by atoms with van der Waals surface area (Å²) in [6, 6.07) is 0.768. The van der Waals surface area contributed by atoms with Crippen LogP contribution in [0.5, 0.6) is 0 Å². The number of alkyl halides is 6. The molecule has 0 bridgehead atoms. The molecule has 0 aromatic carbocycles. The fourth-order valence-electron chi connectivity index (χ4n) is 3.46. The number of aromatic amines is 1. The molecule has 1 aliphatic rings. The smallest absolute Gasteiger partial charge is 0.378 e. The molecule has 17 heteroatoms. The van der Waals surface area contributed by atoms with E-state index in [1.807, 2.05) is 0 Å². The van der Waals surface area contributed by atoms with Crippen LogP contribution in [0.3, 0.4) is 0 Å². The Kier molecular flexibility index (Phi) is 6.78. The van der Waals surface area contributed by atoms with Crippen molar-refractivity contribution in [3.05, 3.63) is 50.6 Å². The van der Waals surface area contributed by atoms with Crippen LogP contribution >= 0.6 is 11.3 Å². The van der Waals surface area contributed by atoms with Gasteiger partial charge in [0.2, 0.25) is 0 Å². The van der Waals surface area contributed by atoms with E-state index in [9.17, 15) is 35.9 Å². The summed E-state index contributed by atoms with van der Waals surface area (Å²) in [6.45, 7) is 1.66. The average Bonchev–Trinajstić information content (AvgIpc) is 3.41. The molecule has 4 heterocycles. The van der Waals surface area contributed by atoms with Crippen molar-refractivity contribution < 1.29 is 35.9 Å². The maximum atomic E-state index is 13.2. The van der Waals surface area contributed by atoms with Crippen molar-refractivity contribution in [2.45, 2.75) is 38.5 Å². The van der Waals surface area contributed by atoms with E-state index >= 15 is 0 Å². The number of H-pyrrole nitrogens is 1. The van der Waals surface area contributed by atoms with Gasteiger partial charge in [-0.15, -0.1) is 0 Å². The van der Waals surface area contributed by atoms with Gasteiger partial charge in [-0.3, -0.25) is 19.2 Å². The molecule has 0 radical (unpaired) electrons. The largest absolute Gasteiger partial charge is 0.427 e. The zero-order chi connectivity index (χ0) is 26.3. The fraction of sp³-hybridized carbons (Fsp3) is 0.421. The molecule has 0 saturated heterocycles. The third-order valence-corrected chi connectivity index (χ3v) is 6.06. The summed E-state index contributed by atoms with van der Waals surface area (Å²) in [6.07, 6.45) is -7.93. The number of ether oxygens (including phenoxy) is 1. The molecular weight excluding hydrogens is 520 g/mol. The van der Waals surface area contributed by atoms with Crippen molar-refractivity contribution in [2.75, 3.05) is 23.4 Å². The molecule has 1 amide bonds. The molecule has 0 spiro atoms. The topological polar surface area (TPSA) is 118 Å². The number of thiazole rings is 1. The van der Waals surface area contributed by atoms with Crippen LogP contribution in [0.4, 0.5) is 37.2 Å². The Morgan fingerprint density at radius 2 is 1.92 bits per heavy atom. The van der Waals surface area contributed by atoms with Gasteiger partial charge in [0, 0.05) is 12.6 Å². The molecule has 0 fully saturated rings. The molecule has 2 N–H and O–H groups in total. The van der Waals surface area contributed by atoms with Crippen LogP contribution in [0.25, 0.3) is 0 Å². The Bertz CT molecular complexity index is 1320. The highest BCUT2D eigenvalue weighted by molar-refractivity contribution is 7.15. The number of nitrogens with zero attached hydrogens (tertiary/aromatic N) is 5. The normalized spacial score (nSPS) is 15.2. The number of rotatable bonds is 7. The number of carbonyl (C=O) groups is 1. The van der Waals surface area contributed by atoms with Gasteiger partial charge in [0.05, 0.1) is 43.5 Å². The molecule has 3 aromatic heterocycles. The van der Waals surface area contributed by atoms with Gasteiger partial charge in [0.25, 0.3) is 11.5 Å². The van der Waals surface area contributed by atoms with Crippen molar-refractivity contribution in [3.63, 3.8) is 0 Å². The lowest BCUT2D eigenvalue weighted by Crippen LogP contribution is -2.40. The van der Waals surface area contributed by atoms with E-state index in [0.717, 1.165) is 11.1 Å². The number of hydrogen-bond acceptors (Lipinski definition) is 8. The van der Waals surface area contributed by atoms with Gasteiger partial charge in [-0.25, -0.2) is 10.1 Å². The second-order valence-electron chi connectivity index (χ2n) is 7.75. The highest BCUT2D eigenvalue weighted by Crippen LogP contribution is 2.37. The number of fused-ring (bicyclic) bond motifs is 1. The first-order chi connectivity index (χ1) is 16.8. The maximum Gasteiger partial charge on any atom is 0.427 e. The zero-order valence-corrected chi connectivity index (χ0v) is 19.1. The van der Waals surface area contributed by atoms with Crippen molar-refractivity contribution in [3.8, 4) is 0 Å². The van der Waals surface area contributed by atoms with E-state index in [0.29, 0.717) is 23.2 Å². The van der Waals surface area contributed by atoms with E-state index in [1.54, 1.807) is 5.10 Å². The van der Waals surface area contributed by atoms with Crippen LogP contribution in [-0.4, -0.2) is 50.1 Å². The predicted molar refractivity (Wildman–Crippen MR) is 114 cm³/mol. The maximum absolute atomic E-state index is 13.2. The van der Waals surface area contributed by atoms with Gasteiger partial charge in [-0.05, 0) is 13.0 Å². The van der Waals surface area contributed by atoms with Gasteiger partial charge in [-0.2, -0.15) is 36.5 Å². The van der Waals surface area contributed by atoms with E-state index in [-0.39, 0.29) is 37.1 Å². The summed E-state index contributed by atoms with van der Waals surface area (Å²) in [7, 11) is 0. The molecular formula is C19H17F6N7O3S. The zero-order valence-electron chi connectivity index (χ0n) is 18.3. The first-order valence-corrected chi connectivity index (χ1v) is 11.1. The monoisotopic (exact) mass is 537 g/mol. The highest BCUT2D eigenvalue weighted by Gasteiger charge is 2.38. The standard InChI is InChI=1S/C19H17F6N7O3S/c1-9(28-11-5-27-29-15(33)14(11)19(23,24)25)7-35-8-10-4-12-16(34)31(2-3-32(12)30-10)17-26-6-13(36-17)18(20,21)22/h4-6,9H,2-3,7-8H2,1H3,(H2,28,29,33)/t9-/m0/s1. The Morgan fingerprint density at radius 3 is 2.58 bits per heavy atom. The summed E-state index contributed by atoms with van der Waals surface area (Å²) in [5, 5.41) is 11.8. The molecule has 3 aromatic rings. The number of carbonyl (C=O) groups excluding carboxylic acids is 1. The van der Waals surface area contributed by atoms with E-state index < -0.39 is 46.0 Å². The third kappa shape index (κ3) is 5.35. The Labute approximate surface area is 201 Å². The second-order valence-corrected chi connectivity index (χ2v) is 8.76. The molecule has 1 aliphatic heterocycles. The average molecular weight is 537 g/mol. The number of halogens is 6. The van der Waals surface area contributed by atoms with Crippen LogP contribution in [-0.2, 0) is 30.2 Å². The predicted octanol–water partition coefficient (Wildman–Crippen LogP) is 3.14. The lowest BCUT2D eigenvalue weighted by atomic mass is 10.2. The first-order valence-electron chi connectivity index (χ1n) is 10.3. The highest BCUT2D eigenvalue weighted by atomic mass is 32.1. The SMILES string of the molecule is C[C@@H](COCc1cc2n(n1)CCN(c1ncc(C(F)(F)F)s1)C2=O)Nc1cn[nH]c(=O)c1C(F)(F)F. The lowest BCUT2D eigenvalue weighted by Gasteiger charge is -2.24. The van der Waals surface area contributed by atoms with Gasteiger partial charge in [0.1, 0.15) is 16.1 Å². The molecule has 10 nitrogen and oxygen atoms in total. The van der Waals surface area contributed by atoms with Crippen LogP contribution in [0.2, 0.25) is 0 Å². The minimum Gasteiger partial charge on any atom is -0.378 e. The van der Waals surface area contributed by atoms with Crippen LogP contribution in [0.15, 0.2) is 23.3 Å². The molecule has 0 saturated carbocycles. The number of amides is 1. The Morgan fingerprint density at radius 1 is 1.17 bits per heavy atom. The molecule has 194 valence electrons. The fourth-order valence-corrected chi connectivity index (χ4v) is 4.27. The Hall–Kier alpha value is -3.47. The van der Waals surface area contributed by atoms with E-state index in [4.69, 9.17) is 4.74 Å². The van der Waals surface area contributed by atoms with Crippen molar-refractivity contribution in [1.29, 1.82) is 0 Å². The molecule has 4 rings (SSSR count). The van der Waals surface area contributed by atoms with Gasteiger partial charge in [-0.1, -0.05) is 11.3 Å². The molecule has 1 atom stereocenters. The molecule has 36 heavy (non-hydrogen) atoms. The van der Waals surface area contributed by atoms with Crippen molar-refractivity contribution >= 4 is 28.1 Å². The number of nitrogens with one attached hydrogen (secondary N) is 2. The number of anilines is 2. The number of hydrogen-bond donors (Lipinski definition) is 2. The minimum atomic E-state index is -4.89.